The molecule has 0 spiro atoms. The van der Waals surface area contributed by atoms with E-state index in [0.717, 1.165) is 18.2 Å². The molecular weight excluding hydrogens is 264 g/mol. The van der Waals surface area contributed by atoms with Crippen LogP contribution in [0.5, 0.6) is 5.75 Å². The fourth-order valence-corrected chi connectivity index (χ4v) is 1.87. The van der Waals surface area contributed by atoms with Crippen LogP contribution < -0.4 is 10.5 Å². The van der Waals surface area contributed by atoms with Crippen molar-refractivity contribution < 1.29 is 18.3 Å². The van der Waals surface area contributed by atoms with E-state index in [-0.39, 0.29) is 22.6 Å². The number of hydrogen-bond donors (Lipinski definition) is 1. The van der Waals surface area contributed by atoms with E-state index >= 15 is 0 Å². The van der Waals surface area contributed by atoms with Gasteiger partial charge in [-0.2, -0.15) is 0 Å². The van der Waals surface area contributed by atoms with Crippen molar-refractivity contribution >= 4 is 11.5 Å². The standard InChI is InChI=1S/C15H13F2NO2/c1-2-20-13-5-3-4-12(18)14(13)15(19)10-8-9(16)6-7-11(10)17/h3-8H,2,18H2,1H3. The van der Waals surface area contributed by atoms with Gasteiger partial charge < -0.3 is 10.5 Å². The summed E-state index contributed by atoms with van der Waals surface area (Å²) in [6.45, 7) is 2.08. The maximum absolute atomic E-state index is 13.7. The molecule has 20 heavy (non-hydrogen) atoms. The van der Waals surface area contributed by atoms with Gasteiger partial charge in [0.25, 0.3) is 0 Å². The summed E-state index contributed by atoms with van der Waals surface area (Å²) < 4.78 is 32.2. The molecule has 2 aromatic carbocycles. The number of carbonyl (C=O) groups excluding carboxylic acids is 1. The molecule has 0 aliphatic rings. The van der Waals surface area contributed by atoms with Crippen LogP contribution in [0.2, 0.25) is 0 Å². The molecule has 0 aliphatic heterocycles. The van der Waals surface area contributed by atoms with E-state index in [1.165, 1.54) is 6.07 Å². The van der Waals surface area contributed by atoms with Crippen molar-refractivity contribution in [1.29, 1.82) is 0 Å². The summed E-state index contributed by atoms with van der Waals surface area (Å²) >= 11 is 0. The summed E-state index contributed by atoms with van der Waals surface area (Å²) in [6, 6.07) is 7.39. The highest BCUT2D eigenvalue weighted by Gasteiger charge is 2.21. The molecule has 0 amide bonds. The molecule has 0 saturated heterocycles. The minimum Gasteiger partial charge on any atom is -0.493 e. The lowest BCUT2D eigenvalue weighted by Crippen LogP contribution is -2.10. The lowest BCUT2D eigenvalue weighted by molar-refractivity contribution is 0.103. The van der Waals surface area contributed by atoms with Crippen LogP contribution in [0.15, 0.2) is 36.4 Å². The zero-order chi connectivity index (χ0) is 14.7. The number of ketones is 1. The van der Waals surface area contributed by atoms with Gasteiger partial charge >= 0.3 is 0 Å². The minimum absolute atomic E-state index is 0.0406. The molecule has 0 heterocycles. The van der Waals surface area contributed by atoms with E-state index < -0.39 is 17.4 Å². The molecule has 0 bridgehead atoms. The van der Waals surface area contributed by atoms with Gasteiger partial charge in [-0.05, 0) is 37.3 Å². The number of anilines is 1. The Morgan fingerprint density at radius 2 is 2.00 bits per heavy atom. The van der Waals surface area contributed by atoms with Crippen LogP contribution in [0.3, 0.4) is 0 Å². The first kappa shape index (κ1) is 14.0. The minimum atomic E-state index is -0.804. The molecule has 0 atom stereocenters. The second kappa shape index (κ2) is 5.69. The number of ether oxygens (including phenoxy) is 1. The summed E-state index contributed by atoms with van der Waals surface area (Å²) in [6.07, 6.45) is 0. The number of halogens is 2. The second-order valence-corrected chi connectivity index (χ2v) is 4.11. The van der Waals surface area contributed by atoms with E-state index in [1.807, 2.05) is 0 Å². The Balaban J connectivity index is 2.56. The Hall–Kier alpha value is -2.43. The Morgan fingerprint density at radius 1 is 1.25 bits per heavy atom. The van der Waals surface area contributed by atoms with Gasteiger partial charge in [0.2, 0.25) is 5.78 Å². The Labute approximate surface area is 115 Å². The predicted octanol–water partition coefficient (Wildman–Crippen LogP) is 3.18. The molecule has 0 unspecified atom stereocenters. The fraction of sp³-hybridized carbons (Fsp3) is 0.133. The third-order valence-electron chi connectivity index (χ3n) is 2.76. The van der Waals surface area contributed by atoms with Crippen molar-refractivity contribution in [3.63, 3.8) is 0 Å². The van der Waals surface area contributed by atoms with Crippen molar-refractivity contribution in [2.75, 3.05) is 12.3 Å². The van der Waals surface area contributed by atoms with Crippen LogP contribution in [-0.2, 0) is 0 Å². The zero-order valence-corrected chi connectivity index (χ0v) is 10.8. The van der Waals surface area contributed by atoms with Crippen molar-refractivity contribution in [3.05, 3.63) is 59.2 Å². The van der Waals surface area contributed by atoms with Gasteiger partial charge in [0.15, 0.2) is 0 Å². The highest BCUT2D eigenvalue weighted by Crippen LogP contribution is 2.28. The van der Waals surface area contributed by atoms with Crippen molar-refractivity contribution in [2.45, 2.75) is 6.92 Å². The summed E-state index contributed by atoms with van der Waals surface area (Å²) in [5, 5.41) is 0. The maximum Gasteiger partial charge on any atom is 0.201 e. The largest absolute Gasteiger partial charge is 0.493 e. The normalized spacial score (nSPS) is 10.3. The monoisotopic (exact) mass is 277 g/mol. The van der Waals surface area contributed by atoms with Crippen LogP contribution in [0.25, 0.3) is 0 Å². The van der Waals surface area contributed by atoms with Gasteiger partial charge in [-0.3, -0.25) is 4.79 Å². The molecule has 0 aromatic heterocycles. The first-order valence-corrected chi connectivity index (χ1v) is 6.05. The summed E-state index contributed by atoms with van der Waals surface area (Å²) in [5.41, 5.74) is 5.59. The third kappa shape index (κ3) is 2.61. The molecule has 2 rings (SSSR count). The van der Waals surface area contributed by atoms with Gasteiger partial charge in [0, 0.05) is 5.69 Å². The number of nitrogen functional groups attached to an aromatic ring is 1. The predicted molar refractivity (Wildman–Crippen MR) is 71.8 cm³/mol. The van der Waals surface area contributed by atoms with Crippen molar-refractivity contribution in [2.24, 2.45) is 0 Å². The molecule has 0 aliphatic carbocycles. The third-order valence-corrected chi connectivity index (χ3v) is 2.76. The van der Waals surface area contributed by atoms with Gasteiger partial charge in [-0.25, -0.2) is 8.78 Å². The number of rotatable bonds is 4. The van der Waals surface area contributed by atoms with Gasteiger partial charge in [0.1, 0.15) is 17.4 Å². The van der Waals surface area contributed by atoms with Crippen LogP contribution in [-0.4, -0.2) is 12.4 Å². The highest BCUT2D eigenvalue weighted by atomic mass is 19.1. The Kier molecular flexibility index (Phi) is 3.98. The Morgan fingerprint density at radius 3 is 2.70 bits per heavy atom. The summed E-state index contributed by atoms with van der Waals surface area (Å²) in [7, 11) is 0. The lowest BCUT2D eigenvalue weighted by atomic mass is 10.00. The van der Waals surface area contributed by atoms with Crippen LogP contribution in [0.4, 0.5) is 14.5 Å². The lowest BCUT2D eigenvalue weighted by Gasteiger charge is -2.12. The molecule has 2 aromatic rings. The SMILES string of the molecule is CCOc1cccc(N)c1C(=O)c1cc(F)ccc1F. The van der Waals surface area contributed by atoms with Crippen molar-refractivity contribution in [1.82, 2.24) is 0 Å². The zero-order valence-electron chi connectivity index (χ0n) is 10.8. The topological polar surface area (TPSA) is 52.3 Å². The van der Waals surface area contributed by atoms with Crippen LogP contribution in [0.1, 0.15) is 22.8 Å². The smallest absolute Gasteiger partial charge is 0.201 e. The summed E-state index contributed by atoms with van der Waals surface area (Å²) in [5.74, 6) is -1.95. The van der Waals surface area contributed by atoms with Crippen LogP contribution >= 0.6 is 0 Å². The first-order valence-electron chi connectivity index (χ1n) is 6.05. The van der Waals surface area contributed by atoms with E-state index in [1.54, 1.807) is 19.1 Å². The summed E-state index contributed by atoms with van der Waals surface area (Å²) in [4.78, 5) is 12.4. The molecule has 2 N–H and O–H groups in total. The first-order chi connectivity index (χ1) is 9.54. The van der Waals surface area contributed by atoms with E-state index in [9.17, 15) is 13.6 Å². The molecular formula is C15H13F2NO2. The Bertz CT molecular complexity index is 656. The number of benzene rings is 2. The van der Waals surface area contributed by atoms with E-state index in [0.29, 0.717) is 6.61 Å². The highest BCUT2D eigenvalue weighted by molar-refractivity contribution is 6.14. The molecule has 0 radical (unpaired) electrons. The van der Waals surface area contributed by atoms with Gasteiger partial charge in [0.05, 0.1) is 17.7 Å². The second-order valence-electron chi connectivity index (χ2n) is 4.11. The van der Waals surface area contributed by atoms with Crippen LogP contribution in [0, 0.1) is 11.6 Å². The maximum atomic E-state index is 13.7. The number of hydrogen-bond acceptors (Lipinski definition) is 3. The average molecular weight is 277 g/mol. The molecule has 3 nitrogen and oxygen atoms in total. The van der Waals surface area contributed by atoms with E-state index in [2.05, 4.69) is 0 Å². The fourth-order valence-electron chi connectivity index (χ4n) is 1.87. The van der Waals surface area contributed by atoms with Gasteiger partial charge in [-0.15, -0.1) is 0 Å². The number of nitrogens with two attached hydrogens (primary N) is 1. The molecule has 0 fully saturated rings. The molecule has 0 saturated carbocycles. The van der Waals surface area contributed by atoms with E-state index in [4.69, 9.17) is 10.5 Å². The van der Waals surface area contributed by atoms with Crippen molar-refractivity contribution in [3.8, 4) is 5.75 Å². The number of carbonyl (C=O) groups is 1. The molecule has 104 valence electrons. The molecule has 5 heteroatoms. The quantitative estimate of drug-likeness (QED) is 0.689. The average Bonchev–Trinajstić information content (AvgIpc) is 2.41. The van der Waals surface area contributed by atoms with Gasteiger partial charge in [-0.1, -0.05) is 6.07 Å².